The largest absolute Gasteiger partial charge is 0.493 e. The number of benzene rings is 1. The molecule has 1 aromatic carbocycles. The lowest BCUT2D eigenvalue weighted by Gasteiger charge is -2.27. The summed E-state index contributed by atoms with van der Waals surface area (Å²) in [5.41, 5.74) is 2.07. The fraction of sp³-hybridized carbons (Fsp3) is 0.316. The number of rotatable bonds is 5. The van der Waals surface area contributed by atoms with Crippen LogP contribution in [-0.2, 0) is 9.53 Å². The molecule has 2 aromatic rings. The smallest absolute Gasteiger partial charge is 0.409 e. The van der Waals surface area contributed by atoms with Crippen LogP contribution in [0, 0.1) is 11.6 Å². The molecule has 0 aliphatic carbocycles. The Kier molecular flexibility index (Phi) is 6.14. The molecule has 1 aliphatic rings. The van der Waals surface area contributed by atoms with E-state index in [1.165, 1.54) is 12.3 Å². The molecule has 2 heterocycles. The van der Waals surface area contributed by atoms with Crippen molar-refractivity contribution in [3.05, 3.63) is 53.4 Å². The third kappa shape index (κ3) is 4.24. The van der Waals surface area contributed by atoms with Crippen molar-refractivity contribution >= 4 is 25.3 Å². The van der Waals surface area contributed by atoms with Gasteiger partial charge in [0.25, 0.3) is 11.8 Å². The summed E-state index contributed by atoms with van der Waals surface area (Å²) in [4.78, 5) is 27.9. The number of nitrogens with one attached hydrogen (secondary N) is 1. The number of carbonyl (C=O) groups excluding carboxylic acids is 2. The molecule has 3 N–H and O–H groups in total. The minimum absolute atomic E-state index is 0.0269. The highest BCUT2D eigenvalue weighted by molar-refractivity contribution is 6.16. The molecule has 0 unspecified atom stereocenters. The first-order valence-corrected chi connectivity index (χ1v) is 9.21. The van der Waals surface area contributed by atoms with Crippen LogP contribution in [0.15, 0.2) is 30.5 Å². The van der Waals surface area contributed by atoms with Crippen LogP contribution in [0.25, 0.3) is 0 Å². The number of nitrogens with two attached hydrogens (primary N) is 1. The van der Waals surface area contributed by atoms with Gasteiger partial charge in [-0.1, -0.05) is 6.07 Å². The number of primary amides is 1. The number of nitrogens with zero attached hydrogens (tertiary/aromatic N) is 1. The molecule has 7 nitrogen and oxygen atoms in total. The van der Waals surface area contributed by atoms with E-state index in [0.717, 1.165) is 33.2 Å². The average molecular weight is 457 g/mol. The Labute approximate surface area is 179 Å². The van der Waals surface area contributed by atoms with Gasteiger partial charge in [-0.2, -0.15) is 17.6 Å². The van der Waals surface area contributed by atoms with Gasteiger partial charge in [-0.25, -0.2) is 4.39 Å². The lowest BCUT2D eigenvalue weighted by atomic mass is 9.74. The second-order valence-corrected chi connectivity index (χ2v) is 7.34. The molecule has 1 fully saturated rings. The highest BCUT2D eigenvalue weighted by atomic mass is 19.4. The number of hydrogen-bond donors (Lipinski definition) is 2. The Balaban J connectivity index is 2.01. The summed E-state index contributed by atoms with van der Waals surface area (Å²) in [5, 5.41) is 2.34. The van der Waals surface area contributed by atoms with Crippen molar-refractivity contribution in [2.24, 2.45) is 5.73 Å². The Morgan fingerprint density at radius 2 is 2.00 bits per heavy atom. The van der Waals surface area contributed by atoms with E-state index in [2.05, 4.69) is 10.3 Å². The zero-order chi connectivity index (χ0) is 23.8. The third-order valence-electron chi connectivity index (χ3n) is 5.18. The first-order valence-electron chi connectivity index (χ1n) is 9.21. The van der Waals surface area contributed by atoms with Gasteiger partial charge in [0.15, 0.2) is 19.4 Å². The number of hydrogen-bond acceptors (Lipinski definition) is 5. The van der Waals surface area contributed by atoms with Crippen molar-refractivity contribution in [1.82, 2.24) is 4.98 Å². The maximum Gasteiger partial charge on any atom is 0.409 e. The number of anilines is 1. The quantitative estimate of drug-likeness (QED) is 0.528. The van der Waals surface area contributed by atoms with Crippen molar-refractivity contribution in [3.8, 4) is 5.75 Å². The molecule has 1 aromatic heterocycles. The van der Waals surface area contributed by atoms with Crippen LogP contribution in [0.3, 0.4) is 0 Å². The molecule has 0 bridgehead atoms. The SMILES string of the molecule is B[C@@]1(C(F)(F)F)C[C@H](c2ccc(F)c(F)c2OC)[C@@H](C(=O)Nc2ccnc(C(N)=O)c2)O1. The summed E-state index contributed by atoms with van der Waals surface area (Å²) < 4.78 is 78.9. The molecule has 3 rings (SSSR count). The molecule has 2 amide bonds. The van der Waals surface area contributed by atoms with Crippen LogP contribution in [0.5, 0.6) is 5.75 Å². The van der Waals surface area contributed by atoms with Gasteiger partial charge in [0.1, 0.15) is 17.3 Å². The van der Waals surface area contributed by atoms with Crippen molar-refractivity contribution in [3.63, 3.8) is 0 Å². The van der Waals surface area contributed by atoms with Crippen LogP contribution >= 0.6 is 0 Å². The molecule has 170 valence electrons. The van der Waals surface area contributed by atoms with Gasteiger partial charge in [0.2, 0.25) is 5.82 Å². The van der Waals surface area contributed by atoms with Gasteiger partial charge < -0.3 is 20.5 Å². The van der Waals surface area contributed by atoms with Gasteiger partial charge in [0.05, 0.1) is 7.11 Å². The van der Waals surface area contributed by atoms with E-state index in [1.807, 2.05) is 0 Å². The minimum atomic E-state index is -4.86. The van der Waals surface area contributed by atoms with Crippen LogP contribution < -0.4 is 15.8 Å². The van der Waals surface area contributed by atoms with Crippen LogP contribution in [0.1, 0.15) is 28.4 Å². The number of pyridine rings is 1. The number of aromatic nitrogens is 1. The van der Waals surface area contributed by atoms with Gasteiger partial charge in [-0.05, 0) is 24.6 Å². The summed E-state index contributed by atoms with van der Waals surface area (Å²) >= 11 is 0. The molecule has 13 heteroatoms. The van der Waals surface area contributed by atoms with Gasteiger partial charge >= 0.3 is 6.18 Å². The monoisotopic (exact) mass is 457 g/mol. The van der Waals surface area contributed by atoms with Gasteiger partial charge in [-0.15, -0.1) is 0 Å². The van der Waals surface area contributed by atoms with E-state index < -0.39 is 59.3 Å². The maximum atomic E-state index is 14.2. The summed E-state index contributed by atoms with van der Waals surface area (Å²) in [7, 11) is 1.79. The van der Waals surface area contributed by atoms with Crippen molar-refractivity contribution < 1.29 is 41.0 Å². The third-order valence-corrected chi connectivity index (χ3v) is 5.18. The van der Waals surface area contributed by atoms with E-state index in [1.54, 1.807) is 0 Å². The first kappa shape index (κ1) is 23.4. The van der Waals surface area contributed by atoms with Crippen molar-refractivity contribution in [2.45, 2.75) is 30.1 Å². The predicted molar refractivity (Wildman–Crippen MR) is 104 cm³/mol. The summed E-state index contributed by atoms with van der Waals surface area (Å²) in [5.74, 6) is -6.50. The molecule has 32 heavy (non-hydrogen) atoms. The number of methoxy groups -OCH3 is 1. The molecule has 1 saturated heterocycles. The van der Waals surface area contributed by atoms with E-state index in [-0.39, 0.29) is 16.9 Å². The summed E-state index contributed by atoms with van der Waals surface area (Å²) in [6.45, 7) is 0. The Morgan fingerprint density at radius 1 is 1.31 bits per heavy atom. The summed E-state index contributed by atoms with van der Waals surface area (Å²) in [6, 6.07) is 4.19. The number of alkyl halides is 3. The van der Waals surface area contributed by atoms with E-state index >= 15 is 0 Å². The minimum Gasteiger partial charge on any atom is -0.493 e. The molecule has 0 spiro atoms. The van der Waals surface area contributed by atoms with Crippen molar-refractivity contribution in [1.29, 1.82) is 0 Å². The zero-order valence-electron chi connectivity index (χ0n) is 16.8. The normalized spacial score (nSPS) is 23.1. The average Bonchev–Trinajstić information content (AvgIpc) is 3.09. The topological polar surface area (TPSA) is 104 Å². The highest BCUT2D eigenvalue weighted by Crippen LogP contribution is 2.50. The molecule has 3 atom stereocenters. The zero-order valence-corrected chi connectivity index (χ0v) is 16.8. The first-order chi connectivity index (χ1) is 14.9. The fourth-order valence-electron chi connectivity index (χ4n) is 3.53. The van der Waals surface area contributed by atoms with Crippen LogP contribution in [0.4, 0.5) is 27.6 Å². The molecule has 0 saturated carbocycles. The predicted octanol–water partition coefficient (Wildman–Crippen LogP) is 1.87. The maximum absolute atomic E-state index is 14.2. The lowest BCUT2D eigenvalue weighted by molar-refractivity contribution is -0.234. The molecular weight excluding hydrogens is 440 g/mol. The summed E-state index contributed by atoms with van der Waals surface area (Å²) in [6.07, 6.45) is -6.19. The Bertz CT molecular complexity index is 1070. The standard InChI is InChI=1S/C19H17BF5N3O4/c1-31-14-9(2-3-11(21)13(14)22)10-7-18(20,19(23,24)25)32-15(10)17(30)28-8-4-5-27-12(6-8)16(26)29/h2-6,10,15H,7,20H2,1H3,(H2,26,29)(H,27,28,30)/t10-,15+,18+/m1/s1. The number of carbonyl (C=O) groups is 2. The van der Waals surface area contributed by atoms with Crippen LogP contribution in [-0.4, -0.2) is 49.5 Å². The number of halogens is 5. The fourth-order valence-corrected chi connectivity index (χ4v) is 3.53. The van der Waals surface area contributed by atoms with Gasteiger partial charge in [0, 0.05) is 23.4 Å². The van der Waals surface area contributed by atoms with Crippen LogP contribution in [0.2, 0.25) is 0 Å². The van der Waals surface area contributed by atoms with E-state index in [9.17, 15) is 31.5 Å². The lowest BCUT2D eigenvalue weighted by Crippen LogP contribution is -2.46. The molecular formula is C19H17BF5N3O4. The van der Waals surface area contributed by atoms with E-state index in [4.69, 9.17) is 15.2 Å². The highest BCUT2D eigenvalue weighted by Gasteiger charge is 2.61. The van der Waals surface area contributed by atoms with E-state index in [0.29, 0.717) is 0 Å². The second-order valence-electron chi connectivity index (χ2n) is 7.34. The second kappa shape index (κ2) is 8.38. The molecule has 0 radical (unpaired) electrons. The Morgan fingerprint density at radius 3 is 2.59 bits per heavy atom. The van der Waals surface area contributed by atoms with Gasteiger partial charge in [-0.3, -0.25) is 14.6 Å². The van der Waals surface area contributed by atoms with Crippen molar-refractivity contribution in [2.75, 3.05) is 12.4 Å². The number of amides is 2. The number of ether oxygens (including phenoxy) is 2. The molecule has 1 aliphatic heterocycles. The Hall–Kier alpha value is -3.22.